The number of carboxylic acids is 1. The SMILES string of the molecule is CCN1/C(=C/C=C/C=C/C=C/C2=[N+](CCCCCC(=O)O)c3ccc(S(=O)(=O)O)cc3C2(C)CCOC)C(C)(CCCS(=O)(=O)O)c2cc(S(=O)(=O)[O-])ccc21. The Balaban J connectivity index is 1.68. The maximum atomic E-state index is 12.1. The third-order valence-corrected chi connectivity index (χ3v) is 12.9. The largest absolute Gasteiger partial charge is 0.744 e. The lowest BCUT2D eigenvalue weighted by atomic mass is 9.76. The lowest BCUT2D eigenvalue weighted by Crippen LogP contribution is -2.33. The molecule has 0 saturated carbocycles. The van der Waals surface area contributed by atoms with Gasteiger partial charge in [0, 0.05) is 67.6 Å². The molecule has 0 fully saturated rings. The fourth-order valence-electron chi connectivity index (χ4n) is 7.61. The number of hydrogen-bond donors (Lipinski definition) is 3. The van der Waals surface area contributed by atoms with Gasteiger partial charge in [0.1, 0.15) is 16.7 Å². The normalized spacial score (nSPS) is 21.0. The van der Waals surface area contributed by atoms with E-state index >= 15 is 0 Å². The molecule has 14 nitrogen and oxygen atoms in total. The first-order chi connectivity index (χ1) is 26.2. The number of methoxy groups -OCH3 is 1. The molecule has 2 aliphatic heterocycles. The van der Waals surface area contributed by atoms with Crippen molar-refractivity contribution in [2.45, 2.75) is 86.3 Å². The van der Waals surface area contributed by atoms with Crippen molar-refractivity contribution < 1.29 is 58.1 Å². The van der Waals surface area contributed by atoms with Crippen molar-refractivity contribution in [1.82, 2.24) is 0 Å². The second kappa shape index (κ2) is 18.1. The monoisotopic (exact) mass is 834 g/mol. The number of nitrogens with zero attached hydrogens (tertiary/aromatic N) is 2. The molecule has 2 unspecified atom stereocenters. The summed E-state index contributed by atoms with van der Waals surface area (Å²) in [6.45, 7) is 7.15. The standard InChI is InChI=1S/C39H50N2O12S3/c1-5-40-33-20-18-29(55(47,48)49)27-31(33)38(2,22-14-26-54(44,45)46)35(40)15-10-7-6-8-11-16-36-39(3,23-25-53-4)32-28-30(56(50,51)52)19-21-34(32)41(36)24-13-9-12-17-37(42)43/h6-8,10-11,15-16,18-21,27-28H,5,9,12-14,17,22-26H2,1-4H3,(H3-,42,43,44,45,46,47,48,49,50,51,52). The smallest absolute Gasteiger partial charge is 0.303 e. The first-order valence-electron chi connectivity index (χ1n) is 18.2. The van der Waals surface area contributed by atoms with E-state index in [2.05, 4.69) is 4.58 Å². The van der Waals surface area contributed by atoms with Crippen LogP contribution in [0.3, 0.4) is 0 Å². The van der Waals surface area contributed by atoms with Crippen molar-refractivity contribution >= 4 is 53.4 Å². The van der Waals surface area contributed by atoms with Crippen LogP contribution in [0.15, 0.2) is 94.4 Å². The molecule has 3 N–H and O–H groups in total. The number of fused-ring (bicyclic) bond motifs is 2. The number of allylic oxidation sites excluding steroid dienone is 8. The summed E-state index contributed by atoms with van der Waals surface area (Å²) < 4.78 is 110. The van der Waals surface area contributed by atoms with E-state index in [1.165, 1.54) is 24.3 Å². The molecule has 2 atom stereocenters. The molecule has 306 valence electrons. The fourth-order valence-corrected chi connectivity index (χ4v) is 9.12. The third kappa shape index (κ3) is 10.5. The Morgan fingerprint density at radius 2 is 1.52 bits per heavy atom. The lowest BCUT2D eigenvalue weighted by Gasteiger charge is -2.30. The number of aliphatic carboxylic acids is 1. The average molecular weight is 835 g/mol. The van der Waals surface area contributed by atoms with Crippen molar-refractivity contribution in [2.24, 2.45) is 0 Å². The molecule has 0 aliphatic carbocycles. The van der Waals surface area contributed by atoms with Crippen molar-refractivity contribution in [3.63, 3.8) is 0 Å². The van der Waals surface area contributed by atoms with Gasteiger partial charge in [-0.25, -0.2) is 8.42 Å². The molecule has 4 rings (SSSR count). The van der Waals surface area contributed by atoms with Crippen molar-refractivity contribution in [2.75, 3.05) is 37.5 Å². The van der Waals surface area contributed by atoms with Gasteiger partial charge in [-0.3, -0.25) is 13.9 Å². The molecule has 2 aliphatic rings. The van der Waals surface area contributed by atoms with Gasteiger partial charge in [0.15, 0.2) is 5.71 Å². The second-order valence-corrected chi connectivity index (χ2v) is 18.6. The molecule has 17 heteroatoms. The van der Waals surface area contributed by atoms with Gasteiger partial charge >= 0.3 is 5.97 Å². The summed E-state index contributed by atoms with van der Waals surface area (Å²) in [7, 11) is -11.9. The summed E-state index contributed by atoms with van der Waals surface area (Å²) in [6.07, 6.45) is 15.6. The summed E-state index contributed by atoms with van der Waals surface area (Å²) in [5, 5.41) is 9.07. The van der Waals surface area contributed by atoms with Crippen LogP contribution in [0.5, 0.6) is 0 Å². The Kier molecular flexibility index (Phi) is 14.5. The van der Waals surface area contributed by atoms with E-state index in [1.54, 1.807) is 37.5 Å². The Labute approximate surface area is 329 Å². The molecule has 0 amide bonds. The maximum Gasteiger partial charge on any atom is 0.303 e. The van der Waals surface area contributed by atoms with Gasteiger partial charge in [0.2, 0.25) is 5.69 Å². The number of ether oxygens (including phenoxy) is 1. The van der Waals surface area contributed by atoms with Crippen LogP contribution < -0.4 is 4.90 Å². The highest BCUT2D eigenvalue weighted by Crippen LogP contribution is 2.51. The molecular weight excluding hydrogens is 785 g/mol. The van der Waals surface area contributed by atoms with Gasteiger partial charge in [0.05, 0.1) is 21.0 Å². The Hall–Kier alpha value is -3.97. The molecule has 0 aromatic heterocycles. The van der Waals surface area contributed by atoms with Gasteiger partial charge in [-0.2, -0.15) is 21.4 Å². The molecule has 2 aromatic rings. The summed E-state index contributed by atoms with van der Waals surface area (Å²) in [5.41, 5.74) is 2.77. The predicted octanol–water partition coefficient (Wildman–Crippen LogP) is 5.89. The van der Waals surface area contributed by atoms with E-state index in [0.717, 1.165) is 17.1 Å². The molecule has 2 heterocycles. The lowest BCUT2D eigenvalue weighted by molar-refractivity contribution is -0.438. The highest BCUT2D eigenvalue weighted by molar-refractivity contribution is 7.86. The van der Waals surface area contributed by atoms with Gasteiger partial charge in [-0.15, -0.1) is 0 Å². The number of benzene rings is 2. The van der Waals surface area contributed by atoms with E-state index < -0.39 is 57.8 Å². The van der Waals surface area contributed by atoms with E-state index in [4.69, 9.17) is 9.84 Å². The Morgan fingerprint density at radius 3 is 2.14 bits per heavy atom. The van der Waals surface area contributed by atoms with Crippen LogP contribution in [0.4, 0.5) is 11.4 Å². The molecule has 0 spiro atoms. The summed E-state index contributed by atoms with van der Waals surface area (Å²) in [5.74, 6) is -1.35. The number of likely N-dealkylation sites (N-methyl/N-ethyl adjacent to an activating group) is 1. The molecule has 56 heavy (non-hydrogen) atoms. The maximum absolute atomic E-state index is 12.1. The number of anilines is 1. The van der Waals surface area contributed by atoms with E-state index in [-0.39, 0.29) is 24.2 Å². The average Bonchev–Trinajstić information content (AvgIpc) is 3.48. The van der Waals surface area contributed by atoms with E-state index in [9.17, 15) is 43.7 Å². The molecule has 0 bridgehead atoms. The summed E-state index contributed by atoms with van der Waals surface area (Å²) >= 11 is 0. The van der Waals surface area contributed by atoms with Crippen LogP contribution in [-0.4, -0.2) is 92.8 Å². The fraction of sp³-hybridized carbons (Fsp3) is 0.436. The highest BCUT2D eigenvalue weighted by Gasteiger charge is 2.48. The number of hydrogen-bond acceptors (Lipinski definition) is 10. The van der Waals surface area contributed by atoms with Gasteiger partial charge < -0.3 is 19.3 Å². The van der Waals surface area contributed by atoms with Crippen LogP contribution in [0.2, 0.25) is 0 Å². The topological polar surface area (TPSA) is 219 Å². The number of unbranched alkanes of at least 4 members (excludes halogenated alkanes) is 2. The zero-order valence-electron chi connectivity index (χ0n) is 31.9. The van der Waals surface area contributed by atoms with E-state index in [0.29, 0.717) is 62.2 Å². The van der Waals surface area contributed by atoms with Gasteiger partial charge in [-0.05, 0) is 94.8 Å². The molecule has 0 radical (unpaired) electrons. The Bertz CT molecular complexity index is 2290. The van der Waals surface area contributed by atoms with E-state index in [1.807, 2.05) is 50.0 Å². The van der Waals surface area contributed by atoms with Crippen LogP contribution in [0.1, 0.15) is 76.8 Å². The summed E-state index contributed by atoms with van der Waals surface area (Å²) in [4.78, 5) is 12.4. The van der Waals surface area contributed by atoms with Crippen LogP contribution in [-0.2, 0) is 50.7 Å². The molecule has 0 saturated heterocycles. The third-order valence-electron chi connectivity index (χ3n) is 10.4. The van der Waals surface area contributed by atoms with Gasteiger partial charge in [0.25, 0.3) is 20.2 Å². The first-order valence-corrected chi connectivity index (χ1v) is 22.7. The zero-order chi connectivity index (χ0) is 41.5. The van der Waals surface area contributed by atoms with Crippen molar-refractivity contribution in [1.29, 1.82) is 0 Å². The first kappa shape index (κ1) is 44.7. The van der Waals surface area contributed by atoms with Gasteiger partial charge in [-0.1, -0.05) is 30.4 Å². The predicted molar refractivity (Wildman–Crippen MR) is 212 cm³/mol. The number of carbonyl (C=O) groups is 1. The zero-order valence-corrected chi connectivity index (χ0v) is 34.4. The number of rotatable bonds is 20. The number of carboxylic acid groups (broad SMARTS) is 1. The van der Waals surface area contributed by atoms with Crippen LogP contribution in [0, 0.1) is 0 Å². The van der Waals surface area contributed by atoms with Crippen LogP contribution in [0.25, 0.3) is 0 Å². The van der Waals surface area contributed by atoms with Crippen molar-refractivity contribution in [3.05, 3.63) is 95.8 Å². The quantitative estimate of drug-likeness (QED) is 0.0614. The van der Waals surface area contributed by atoms with Crippen LogP contribution >= 0.6 is 0 Å². The minimum absolute atomic E-state index is 0.0642. The minimum atomic E-state index is -4.76. The minimum Gasteiger partial charge on any atom is -0.744 e. The molecular formula is C39H50N2O12S3. The molecule has 2 aromatic carbocycles. The Morgan fingerprint density at radius 1 is 0.857 bits per heavy atom. The second-order valence-electron chi connectivity index (χ2n) is 14.3. The highest BCUT2D eigenvalue weighted by atomic mass is 32.2. The van der Waals surface area contributed by atoms with Crippen molar-refractivity contribution in [3.8, 4) is 0 Å². The summed E-state index contributed by atoms with van der Waals surface area (Å²) in [6, 6.07) is 8.69.